The monoisotopic (exact) mass is 1070 g/mol. The molecule has 6 aliphatic rings. The van der Waals surface area contributed by atoms with Gasteiger partial charge in [-0.2, -0.15) is 0 Å². The van der Waals surface area contributed by atoms with Gasteiger partial charge in [-0.3, -0.25) is 4.79 Å². The number of carbonyl (C=O) groups is 1. The molecule has 4 aromatic carbocycles. The Morgan fingerprint density at radius 2 is 1.12 bits per heavy atom. The molecule has 1 aromatic heterocycles. The molecule has 0 fully saturated rings. The molecule has 2 aliphatic heterocycles. The van der Waals surface area contributed by atoms with Gasteiger partial charge in [-0.25, -0.2) is 20.0 Å². The molecule has 0 amide bonds. The van der Waals surface area contributed by atoms with Crippen molar-refractivity contribution in [3.63, 3.8) is 0 Å². The van der Waals surface area contributed by atoms with Crippen LogP contribution in [0.2, 0.25) is 0 Å². The lowest BCUT2D eigenvalue weighted by molar-refractivity contribution is -0.118. The number of aliphatic hydroxyl groups is 1. The first-order valence-corrected chi connectivity index (χ1v) is 25.2. The largest absolute Gasteiger partial charge is 0.463 e. The van der Waals surface area contributed by atoms with Crippen LogP contribution >= 0.6 is 47.8 Å². The zero-order chi connectivity index (χ0) is 45.4. The average Bonchev–Trinajstić information content (AvgIpc) is 3.50. The molecular formula is C52H57Br3N6O4. The van der Waals surface area contributed by atoms with Crippen LogP contribution in [0.15, 0.2) is 115 Å². The lowest BCUT2D eigenvalue weighted by Gasteiger charge is -2.22. The molecule has 4 aliphatic carbocycles. The maximum Gasteiger partial charge on any atom is 0.282 e. The van der Waals surface area contributed by atoms with Crippen LogP contribution in [-0.2, 0) is 59.2 Å². The van der Waals surface area contributed by atoms with Crippen molar-refractivity contribution in [2.75, 3.05) is 13.2 Å². The zero-order valence-electron chi connectivity index (χ0n) is 36.7. The van der Waals surface area contributed by atoms with Crippen LogP contribution in [0.3, 0.4) is 0 Å². The molecule has 5 aromatic rings. The average molecular weight is 1070 g/mol. The second kappa shape index (κ2) is 21.5. The molecule has 5 N–H and O–H groups in total. The fourth-order valence-electron chi connectivity index (χ4n) is 10.1. The molecule has 2 spiro atoms. The van der Waals surface area contributed by atoms with Crippen LogP contribution < -0.4 is 11.5 Å². The summed E-state index contributed by atoms with van der Waals surface area (Å²) in [5, 5.41) is 9.84. The van der Waals surface area contributed by atoms with E-state index in [0.29, 0.717) is 37.5 Å². The Bertz CT molecular complexity index is 2550. The molecule has 65 heavy (non-hydrogen) atoms. The number of rotatable bonds is 1. The van der Waals surface area contributed by atoms with Crippen LogP contribution in [0.4, 0.5) is 0 Å². The summed E-state index contributed by atoms with van der Waals surface area (Å²) in [7, 11) is 0. The molecule has 0 bridgehead atoms. The summed E-state index contributed by atoms with van der Waals surface area (Å²) in [4.78, 5) is 28.7. The summed E-state index contributed by atoms with van der Waals surface area (Å²) in [5.41, 5.74) is 23.9. The third-order valence-corrected chi connectivity index (χ3v) is 15.6. The Hall–Kier alpha value is -4.43. The fraction of sp³-hybridized carbons (Fsp3) is 0.404. The maximum absolute atomic E-state index is 11.3. The topological polar surface area (TPSA) is 158 Å². The number of halogens is 3. The number of carbonyl (C=O) groups excluding carboxylic acids is 1. The Morgan fingerprint density at radius 1 is 0.600 bits per heavy atom. The minimum absolute atomic E-state index is 0.115. The smallest absolute Gasteiger partial charge is 0.282 e. The van der Waals surface area contributed by atoms with E-state index in [9.17, 15) is 9.90 Å². The fourth-order valence-corrected chi connectivity index (χ4v) is 11.9. The number of aliphatic imine (C=N–C) groups is 2. The number of aromatic nitrogens is 2. The standard InChI is InChI=1S/C17H18N4O.C13H15BrN2O.C11H11BrO.C11H13BrO/c18-16-21-17(10-22-16)6-2-5-14-12(7-17)3-1-4-15(14)13-8-19-11-20-9-13;14-11-5-1-3-9-7-13(6-2-4-10(9)11)8-17-12(15)16-13;12-11-6-1-3-8-7-9(13)4-2-5-10(8)11;12-10-6-3-5-9-8(10)4-1-2-7-11(9)13/h1,3-4,8-9,11H,2,5-7,10H2,(H2,18,21);1,3,5H,2,4,6-8H2,(H2,15,16);1,3,6H,2,4-5,7H2;3,5-6,11,13H,1-2,4,7H2. The summed E-state index contributed by atoms with van der Waals surface area (Å²) < 4.78 is 14.3. The highest BCUT2D eigenvalue weighted by atomic mass is 79.9. The van der Waals surface area contributed by atoms with E-state index >= 15 is 0 Å². The summed E-state index contributed by atoms with van der Waals surface area (Å²) in [5.74, 6) is 0.372. The first kappa shape index (κ1) is 47.1. The quantitative estimate of drug-likeness (QED) is 0.140. The van der Waals surface area contributed by atoms with E-state index in [2.05, 4.69) is 122 Å². The van der Waals surface area contributed by atoms with Gasteiger partial charge in [0.05, 0.1) is 6.10 Å². The number of hydrogen-bond donors (Lipinski definition) is 3. The van der Waals surface area contributed by atoms with Crippen molar-refractivity contribution in [2.24, 2.45) is 21.5 Å². The highest BCUT2D eigenvalue weighted by Crippen LogP contribution is 2.39. The molecule has 13 heteroatoms. The molecular weight excluding hydrogens is 1010 g/mol. The molecule has 0 radical (unpaired) electrons. The van der Waals surface area contributed by atoms with Crippen LogP contribution in [0.5, 0.6) is 0 Å². The first-order valence-electron chi connectivity index (χ1n) is 22.8. The van der Waals surface area contributed by atoms with Crippen molar-refractivity contribution in [3.05, 3.63) is 149 Å². The van der Waals surface area contributed by atoms with Crippen LogP contribution in [0.1, 0.15) is 108 Å². The molecule has 3 unspecified atom stereocenters. The minimum Gasteiger partial charge on any atom is -0.463 e. The van der Waals surface area contributed by atoms with Gasteiger partial charge >= 0.3 is 0 Å². The Balaban J connectivity index is 0.000000121. The minimum atomic E-state index is -0.255. The number of nitrogens with two attached hydrogens (primary N) is 2. The van der Waals surface area contributed by atoms with Crippen molar-refractivity contribution in [1.29, 1.82) is 0 Å². The predicted octanol–water partition coefficient (Wildman–Crippen LogP) is 10.6. The molecule has 0 saturated heterocycles. The molecule has 11 rings (SSSR count). The van der Waals surface area contributed by atoms with Crippen molar-refractivity contribution >= 4 is 65.6 Å². The van der Waals surface area contributed by atoms with E-state index in [4.69, 9.17) is 20.9 Å². The lowest BCUT2D eigenvalue weighted by Crippen LogP contribution is -2.30. The molecule has 10 nitrogen and oxygen atoms in total. The summed E-state index contributed by atoms with van der Waals surface area (Å²) in [6.07, 6.45) is 21.0. The summed E-state index contributed by atoms with van der Waals surface area (Å²) >= 11 is 10.7. The van der Waals surface area contributed by atoms with E-state index in [1.165, 1.54) is 55.4 Å². The third kappa shape index (κ3) is 11.6. The van der Waals surface area contributed by atoms with Gasteiger partial charge in [-0.1, -0.05) is 109 Å². The van der Waals surface area contributed by atoms with Gasteiger partial charge in [-0.05, 0) is 139 Å². The van der Waals surface area contributed by atoms with E-state index < -0.39 is 0 Å². The molecule has 3 atom stereocenters. The zero-order valence-corrected chi connectivity index (χ0v) is 41.5. The van der Waals surface area contributed by atoms with Gasteiger partial charge < -0.3 is 26.0 Å². The van der Waals surface area contributed by atoms with Gasteiger partial charge in [0.15, 0.2) is 0 Å². The Morgan fingerprint density at radius 3 is 1.75 bits per heavy atom. The van der Waals surface area contributed by atoms with E-state index in [-0.39, 0.29) is 17.2 Å². The number of Topliss-reactive ketones (excluding diaryl/α,β-unsaturated/α-hetero) is 1. The number of nitrogens with zero attached hydrogens (tertiary/aromatic N) is 4. The van der Waals surface area contributed by atoms with Crippen molar-refractivity contribution in [2.45, 2.75) is 120 Å². The number of aliphatic hydroxyl groups excluding tert-OH is 1. The summed E-state index contributed by atoms with van der Waals surface area (Å²) in [6.45, 7) is 1.22. The van der Waals surface area contributed by atoms with Crippen LogP contribution in [0, 0.1) is 0 Å². The number of amidine groups is 2. The van der Waals surface area contributed by atoms with E-state index in [1.807, 2.05) is 30.6 Å². The Labute approximate surface area is 407 Å². The van der Waals surface area contributed by atoms with Gasteiger partial charge in [0.25, 0.3) is 12.0 Å². The van der Waals surface area contributed by atoms with E-state index in [0.717, 1.165) is 110 Å². The van der Waals surface area contributed by atoms with Crippen molar-refractivity contribution in [1.82, 2.24) is 9.97 Å². The SMILES string of the molecule is NC1=NC2(CCCc3c(Br)cccc3C2)CO1.NC1=NC2(CCCc3c(cccc3-c3cncnc3)C2)CO1.O=C1CCCc2c(Br)cccc2C1.OC1CCCCc2c(Br)cccc21. The number of fused-ring (bicyclic) bond motifs is 4. The second-order valence-corrected chi connectivity index (χ2v) is 20.5. The van der Waals surface area contributed by atoms with Crippen LogP contribution in [-0.4, -0.2) is 57.2 Å². The number of ketones is 1. The van der Waals surface area contributed by atoms with Gasteiger partial charge in [-0.15, -0.1) is 0 Å². The maximum atomic E-state index is 11.3. The van der Waals surface area contributed by atoms with Crippen LogP contribution in [0.25, 0.3) is 11.1 Å². The van der Waals surface area contributed by atoms with E-state index in [1.54, 1.807) is 6.33 Å². The second-order valence-electron chi connectivity index (χ2n) is 18.0. The molecule has 3 heterocycles. The predicted molar refractivity (Wildman–Crippen MR) is 268 cm³/mol. The normalized spacial score (nSPS) is 22.8. The highest BCUT2D eigenvalue weighted by Gasteiger charge is 2.39. The van der Waals surface area contributed by atoms with Crippen molar-refractivity contribution in [3.8, 4) is 11.1 Å². The number of ether oxygens (including phenoxy) is 2. The highest BCUT2D eigenvalue weighted by molar-refractivity contribution is 9.11. The van der Waals surface area contributed by atoms with Gasteiger partial charge in [0.1, 0.15) is 36.4 Å². The van der Waals surface area contributed by atoms with Gasteiger partial charge in [0.2, 0.25) is 0 Å². The van der Waals surface area contributed by atoms with Crippen molar-refractivity contribution < 1.29 is 19.4 Å². The lowest BCUT2D eigenvalue weighted by atomic mass is 9.88. The molecule has 0 saturated carbocycles. The summed E-state index contributed by atoms with van der Waals surface area (Å²) in [6, 6.07) is 25.7. The first-order chi connectivity index (χ1) is 31.5. The number of benzene rings is 4. The third-order valence-electron chi connectivity index (χ3n) is 13.4. The number of hydrogen-bond acceptors (Lipinski definition) is 10. The van der Waals surface area contributed by atoms with Gasteiger partial charge in [0, 0.05) is 57.1 Å². The Kier molecular flexibility index (Phi) is 15.5. The molecule has 340 valence electrons.